The van der Waals surface area contributed by atoms with Crippen LogP contribution in [0.5, 0.6) is 11.5 Å². The Morgan fingerprint density at radius 3 is 2.60 bits per heavy atom. The van der Waals surface area contributed by atoms with Crippen LogP contribution < -0.4 is 4.74 Å². The predicted molar refractivity (Wildman–Crippen MR) is 62.6 cm³/mol. The molecule has 0 heterocycles. The number of hydrogen-bond acceptors (Lipinski definition) is 2. The van der Waals surface area contributed by atoms with Gasteiger partial charge in [-0.25, -0.2) is 0 Å². The van der Waals surface area contributed by atoms with Gasteiger partial charge in [0, 0.05) is 5.56 Å². The number of unbranched alkanes of at least 4 members (excludes halogenated alkanes) is 2. The number of benzene rings is 1. The lowest BCUT2D eigenvalue weighted by Gasteiger charge is -2.09. The van der Waals surface area contributed by atoms with E-state index in [9.17, 15) is 5.11 Å². The summed E-state index contributed by atoms with van der Waals surface area (Å²) in [4.78, 5) is 0. The molecule has 0 aliphatic carbocycles. The van der Waals surface area contributed by atoms with Crippen molar-refractivity contribution in [2.45, 2.75) is 39.5 Å². The maximum absolute atomic E-state index is 9.69. The molecule has 1 rings (SSSR count). The number of rotatable bonds is 5. The van der Waals surface area contributed by atoms with Gasteiger partial charge in [-0.3, -0.25) is 0 Å². The van der Waals surface area contributed by atoms with Crippen LogP contribution in [0.2, 0.25) is 0 Å². The van der Waals surface area contributed by atoms with Gasteiger partial charge in [-0.15, -0.1) is 0 Å². The Balaban J connectivity index is 2.77. The number of methoxy groups -OCH3 is 1. The third kappa shape index (κ3) is 3.15. The van der Waals surface area contributed by atoms with Crippen molar-refractivity contribution in [3.63, 3.8) is 0 Å². The monoisotopic (exact) mass is 208 g/mol. The van der Waals surface area contributed by atoms with Crippen LogP contribution in [0.25, 0.3) is 0 Å². The summed E-state index contributed by atoms with van der Waals surface area (Å²) in [5, 5.41) is 9.69. The summed E-state index contributed by atoms with van der Waals surface area (Å²) in [6.45, 7) is 4.05. The summed E-state index contributed by atoms with van der Waals surface area (Å²) in [6, 6.07) is 3.86. The number of aryl methyl sites for hydroxylation is 1. The molecule has 0 fully saturated rings. The topological polar surface area (TPSA) is 29.5 Å². The minimum absolute atomic E-state index is 0.334. The molecule has 0 radical (unpaired) electrons. The van der Waals surface area contributed by atoms with Crippen LogP contribution >= 0.6 is 0 Å². The van der Waals surface area contributed by atoms with Crippen molar-refractivity contribution >= 4 is 0 Å². The maximum Gasteiger partial charge on any atom is 0.125 e. The highest BCUT2D eigenvalue weighted by Crippen LogP contribution is 2.29. The zero-order chi connectivity index (χ0) is 11.3. The molecule has 15 heavy (non-hydrogen) atoms. The molecular weight excluding hydrogens is 188 g/mol. The summed E-state index contributed by atoms with van der Waals surface area (Å²) in [6.07, 6.45) is 4.63. The van der Waals surface area contributed by atoms with Gasteiger partial charge < -0.3 is 9.84 Å². The fourth-order valence-corrected chi connectivity index (χ4v) is 1.66. The molecule has 0 saturated heterocycles. The summed E-state index contributed by atoms with van der Waals surface area (Å²) >= 11 is 0. The summed E-state index contributed by atoms with van der Waals surface area (Å²) < 4.78 is 5.21. The van der Waals surface area contributed by atoms with Crippen LogP contribution in [-0.4, -0.2) is 12.2 Å². The highest BCUT2D eigenvalue weighted by Gasteiger charge is 2.06. The standard InChI is InChI=1S/C13H20O2/c1-4-5-6-7-11-8-12(14)10(2)13(9-11)15-3/h8-9,14H,4-7H2,1-3H3. The van der Waals surface area contributed by atoms with E-state index in [-0.39, 0.29) is 0 Å². The second-order valence-corrected chi connectivity index (χ2v) is 3.90. The molecule has 0 bridgehead atoms. The highest BCUT2D eigenvalue weighted by molar-refractivity contribution is 5.46. The smallest absolute Gasteiger partial charge is 0.125 e. The van der Waals surface area contributed by atoms with E-state index in [0.29, 0.717) is 5.75 Å². The van der Waals surface area contributed by atoms with E-state index < -0.39 is 0 Å². The van der Waals surface area contributed by atoms with E-state index in [0.717, 1.165) is 23.3 Å². The maximum atomic E-state index is 9.69. The normalized spacial score (nSPS) is 10.3. The molecule has 0 aliphatic rings. The number of ether oxygens (including phenoxy) is 1. The van der Waals surface area contributed by atoms with Gasteiger partial charge in [-0.05, 0) is 37.5 Å². The minimum Gasteiger partial charge on any atom is -0.508 e. The van der Waals surface area contributed by atoms with Crippen LogP contribution in [-0.2, 0) is 6.42 Å². The lowest BCUT2D eigenvalue weighted by atomic mass is 10.0. The molecule has 1 aromatic rings. The predicted octanol–water partition coefficient (Wildman–Crippen LogP) is 3.44. The van der Waals surface area contributed by atoms with Gasteiger partial charge in [-0.1, -0.05) is 19.8 Å². The third-order valence-electron chi connectivity index (χ3n) is 2.68. The first-order chi connectivity index (χ1) is 7.19. The van der Waals surface area contributed by atoms with Crippen LogP contribution in [0.15, 0.2) is 12.1 Å². The summed E-state index contributed by atoms with van der Waals surface area (Å²) in [5.74, 6) is 1.11. The quantitative estimate of drug-likeness (QED) is 0.751. The zero-order valence-electron chi connectivity index (χ0n) is 9.84. The molecule has 0 unspecified atom stereocenters. The fraction of sp³-hybridized carbons (Fsp3) is 0.538. The van der Waals surface area contributed by atoms with Gasteiger partial charge in [0.15, 0.2) is 0 Å². The molecule has 0 atom stereocenters. The van der Waals surface area contributed by atoms with Gasteiger partial charge in [0.2, 0.25) is 0 Å². The number of aromatic hydroxyl groups is 1. The third-order valence-corrected chi connectivity index (χ3v) is 2.68. The van der Waals surface area contributed by atoms with Crippen molar-refractivity contribution in [2.75, 3.05) is 7.11 Å². The van der Waals surface area contributed by atoms with Crippen molar-refractivity contribution in [1.29, 1.82) is 0 Å². The second kappa shape index (κ2) is 5.64. The van der Waals surface area contributed by atoms with E-state index in [4.69, 9.17) is 4.74 Å². The highest BCUT2D eigenvalue weighted by atomic mass is 16.5. The Morgan fingerprint density at radius 2 is 2.00 bits per heavy atom. The summed E-state index contributed by atoms with van der Waals surface area (Å²) in [5.41, 5.74) is 1.97. The molecule has 84 valence electrons. The average Bonchev–Trinajstić information content (AvgIpc) is 2.23. The molecule has 1 N–H and O–H groups in total. The first kappa shape index (κ1) is 11.9. The van der Waals surface area contributed by atoms with E-state index in [2.05, 4.69) is 6.92 Å². The van der Waals surface area contributed by atoms with Crippen molar-refractivity contribution in [1.82, 2.24) is 0 Å². The fourth-order valence-electron chi connectivity index (χ4n) is 1.66. The molecule has 2 heteroatoms. The summed E-state index contributed by atoms with van der Waals surface area (Å²) in [7, 11) is 1.64. The van der Waals surface area contributed by atoms with E-state index in [1.165, 1.54) is 19.3 Å². The number of hydrogen-bond donors (Lipinski definition) is 1. The molecule has 0 spiro atoms. The van der Waals surface area contributed by atoms with Crippen molar-refractivity contribution in [3.05, 3.63) is 23.3 Å². The lowest BCUT2D eigenvalue weighted by molar-refractivity contribution is 0.402. The Morgan fingerprint density at radius 1 is 1.27 bits per heavy atom. The van der Waals surface area contributed by atoms with Crippen LogP contribution in [0, 0.1) is 6.92 Å². The molecular formula is C13H20O2. The van der Waals surface area contributed by atoms with Crippen LogP contribution in [0.3, 0.4) is 0 Å². The van der Waals surface area contributed by atoms with E-state index in [1.54, 1.807) is 7.11 Å². The number of phenols is 1. The molecule has 1 aromatic carbocycles. The van der Waals surface area contributed by atoms with Gasteiger partial charge in [-0.2, -0.15) is 0 Å². The van der Waals surface area contributed by atoms with Gasteiger partial charge in [0.25, 0.3) is 0 Å². The second-order valence-electron chi connectivity index (χ2n) is 3.90. The molecule has 0 saturated carbocycles. The molecule has 2 nitrogen and oxygen atoms in total. The van der Waals surface area contributed by atoms with Crippen molar-refractivity contribution in [3.8, 4) is 11.5 Å². The van der Waals surface area contributed by atoms with Gasteiger partial charge in [0.1, 0.15) is 11.5 Å². The van der Waals surface area contributed by atoms with Crippen LogP contribution in [0.4, 0.5) is 0 Å². The molecule has 0 aromatic heterocycles. The average molecular weight is 208 g/mol. The largest absolute Gasteiger partial charge is 0.508 e. The van der Waals surface area contributed by atoms with Crippen molar-refractivity contribution in [2.24, 2.45) is 0 Å². The van der Waals surface area contributed by atoms with Crippen molar-refractivity contribution < 1.29 is 9.84 Å². The first-order valence-corrected chi connectivity index (χ1v) is 5.55. The Labute approximate surface area is 91.9 Å². The zero-order valence-corrected chi connectivity index (χ0v) is 9.84. The van der Waals surface area contributed by atoms with Gasteiger partial charge in [0.05, 0.1) is 7.11 Å². The minimum atomic E-state index is 0.334. The van der Waals surface area contributed by atoms with Crippen LogP contribution in [0.1, 0.15) is 37.3 Å². The first-order valence-electron chi connectivity index (χ1n) is 5.55. The van der Waals surface area contributed by atoms with E-state index in [1.807, 2.05) is 19.1 Å². The SMILES string of the molecule is CCCCCc1cc(O)c(C)c(OC)c1. The lowest BCUT2D eigenvalue weighted by Crippen LogP contribution is -1.92. The molecule has 0 amide bonds. The Bertz CT molecular complexity index is 319. The van der Waals surface area contributed by atoms with Gasteiger partial charge >= 0.3 is 0 Å². The Hall–Kier alpha value is -1.18. The van der Waals surface area contributed by atoms with E-state index >= 15 is 0 Å². The molecule has 0 aliphatic heterocycles. The number of phenolic OH excluding ortho intramolecular Hbond substituents is 1. The Kier molecular flexibility index (Phi) is 4.47.